The van der Waals surface area contributed by atoms with Gasteiger partial charge in [-0.2, -0.15) is 0 Å². The first-order chi connectivity index (χ1) is 12.0. The van der Waals surface area contributed by atoms with Crippen LogP contribution in [0.4, 0.5) is 5.69 Å². The molecule has 0 aliphatic carbocycles. The van der Waals surface area contributed by atoms with E-state index in [1.165, 1.54) is 17.1 Å². The van der Waals surface area contributed by atoms with Gasteiger partial charge in [-0.1, -0.05) is 13.8 Å². The second-order valence-electron chi connectivity index (χ2n) is 7.50. The van der Waals surface area contributed by atoms with E-state index in [1.54, 1.807) is 12.3 Å². The van der Waals surface area contributed by atoms with Crippen LogP contribution in [0.25, 0.3) is 0 Å². The summed E-state index contributed by atoms with van der Waals surface area (Å²) < 4.78 is 1.32. The molecule has 3 rings (SSSR count). The number of anilines is 1. The van der Waals surface area contributed by atoms with E-state index in [4.69, 9.17) is 0 Å². The van der Waals surface area contributed by atoms with E-state index >= 15 is 0 Å². The Balaban J connectivity index is 1.67. The number of aromatic nitrogens is 1. The molecule has 3 heterocycles. The van der Waals surface area contributed by atoms with Gasteiger partial charge in [0.2, 0.25) is 12.3 Å². The highest BCUT2D eigenvalue weighted by Crippen LogP contribution is 2.35. The summed E-state index contributed by atoms with van der Waals surface area (Å²) >= 11 is 0. The van der Waals surface area contributed by atoms with Crippen LogP contribution in [0.1, 0.15) is 26.7 Å². The van der Waals surface area contributed by atoms with Crippen molar-refractivity contribution in [2.24, 2.45) is 17.8 Å². The molecule has 2 fully saturated rings. The topological polar surface area (TPSA) is 83.4 Å². The van der Waals surface area contributed by atoms with Crippen LogP contribution >= 0.6 is 0 Å². The normalized spacial score (nSPS) is 31.2. The van der Waals surface area contributed by atoms with Crippen molar-refractivity contribution in [1.29, 1.82) is 0 Å². The summed E-state index contributed by atoms with van der Waals surface area (Å²) in [5.74, 6) is 1.59. The third-order valence-corrected chi connectivity index (χ3v) is 5.27. The Morgan fingerprint density at radius 2 is 2.12 bits per heavy atom. The smallest absolute Gasteiger partial charge is 0.274 e. The molecule has 1 aromatic rings. The van der Waals surface area contributed by atoms with Crippen molar-refractivity contribution in [1.82, 2.24) is 14.8 Å². The van der Waals surface area contributed by atoms with Crippen LogP contribution in [0.15, 0.2) is 23.1 Å². The lowest BCUT2D eigenvalue weighted by Gasteiger charge is -2.49. The number of amides is 2. The van der Waals surface area contributed by atoms with Gasteiger partial charge in [0, 0.05) is 19.3 Å². The number of nitrogens with one attached hydrogen (secondary N) is 2. The molecule has 136 valence electrons. The zero-order valence-electron chi connectivity index (χ0n) is 14.8. The van der Waals surface area contributed by atoms with Crippen LogP contribution in [0.3, 0.4) is 0 Å². The Labute approximate surface area is 147 Å². The van der Waals surface area contributed by atoms with Gasteiger partial charge in [0.1, 0.15) is 12.2 Å². The van der Waals surface area contributed by atoms with Gasteiger partial charge in [-0.15, -0.1) is 0 Å². The number of hydrogen-bond acceptors (Lipinski definition) is 4. The molecule has 2 N–H and O–H groups in total. The fourth-order valence-corrected chi connectivity index (χ4v) is 4.37. The molecule has 0 spiro atoms. The molecule has 2 amide bonds. The van der Waals surface area contributed by atoms with Gasteiger partial charge in [0.05, 0.1) is 6.17 Å². The Hall–Kier alpha value is -2.15. The predicted molar refractivity (Wildman–Crippen MR) is 94.9 cm³/mol. The quantitative estimate of drug-likeness (QED) is 0.775. The van der Waals surface area contributed by atoms with Crippen molar-refractivity contribution in [3.05, 3.63) is 28.7 Å². The maximum absolute atomic E-state index is 12.5. The molecule has 1 aromatic heterocycles. The summed E-state index contributed by atoms with van der Waals surface area (Å²) in [6, 6.07) is 3.16. The molecule has 0 aromatic carbocycles. The van der Waals surface area contributed by atoms with Gasteiger partial charge in [-0.3, -0.25) is 19.3 Å². The van der Waals surface area contributed by atoms with Gasteiger partial charge in [-0.25, -0.2) is 0 Å². The molecule has 2 aliphatic heterocycles. The predicted octanol–water partition coefficient (Wildman–Crippen LogP) is 0.857. The first-order valence-electron chi connectivity index (χ1n) is 8.91. The average molecular weight is 346 g/mol. The van der Waals surface area contributed by atoms with Gasteiger partial charge in [-0.05, 0) is 42.7 Å². The Bertz CT molecular complexity index is 698. The minimum atomic E-state index is -0.381. The summed E-state index contributed by atoms with van der Waals surface area (Å²) in [7, 11) is 0. The van der Waals surface area contributed by atoms with E-state index in [9.17, 15) is 14.4 Å². The number of piperidine rings is 2. The van der Waals surface area contributed by atoms with Crippen molar-refractivity contribution in [2.45, 2.75) is 39.4 Å². The summed E-state index contributed by atoms with van der Waals surface area (Å²) in [5, 5.41) is 5.47. The minimum Gasteiger partial charge on any atom is -0.339 e. The van der Waals surface area contributed by atoms with Crippen molar-refractivity contribution >= 4 is 18.0 Å². The second kappa shape index (κ2) is 7.39. The molecule has 2 bridgehead atoms. The second-order valence-corrected chi connectivity index (χ2v) is 7.50. The van der Waals surface area contributed by atoms with Gasteiger partial charge >= 0.3 is 0 Å². The van der Waals surface area contributed by atoms with Gasteiger partial charge < -0.3 is 15.2 Å². The number of nitrogens with zero attached hydrogens (tertiary/aromatic N) is 2. The third-order valence-electron chi connectivity index (χ3n) is 5.27. The summed E-state index contributed by atoms with van der Waals surface area (Å²) in [4.78, 5) is 37.6. The highest BCUT2D eigenvalue weighted by molar-refractivity contribution is 5.76. The van der Waals surface area contributed by atoms with E-state index in [0.717, 1.165) is 25.4 Å². The van der Waals surface area contributed by atoms with E-state index in [0.29, 0.717) is 18.2 Å². The van der Waals surface area contributed by atoms with Crippen molar-refractivity contribution in [3.8, 4) is 0 Å². The summed E-state index contributed by atoms with van der Waals surface area (Å²) in [6.45, 7) is 6.44. The Morgan fingerprint density at radius 1 is 1.32 bits per heavy atom. The zero-order chi connectivity index (χ0) is 18.0. The number of rotatable bonds is 5. The highest BCUT2D eigenvalue weighted by atomic mass is 16.2. The number of pyridine rings is 1. The van der Waals surface area contributed by atoms with Crippen LogP contribution in [0, 0.1) is 17.8 Å². The molecule has 0 saturated carbocycles. The molecule has 7 heteroatoms. The number of fused-ring (bicyclic) bond motifs is 2. The van der Waals surface area contributed by atoms with E-state index in [1.807, 2.05) is 0 Å². The van der Waals surface area contributed by atoms with E-state index < -0.39 is 0 Å². The molecular weight excluding hydrogens is 320 g/mol. The average Bonchev–Trinajstić information content (AvgIpc) is 2.55. The lowest BCUT2D eigenvalue weighted by atomic mass is 9.78. The van der Waals surface area contributed by atoms with Crippen LogP contribution in [0.5, 0.6) is 0 Å². The monoisotopic (exact) mass is 346 g/mol. The molecule has 5 atom stereocenters. The Kier molecular flexibility index (Phi) is 5.22. The maximum Gasteiger partial charge on any atom is 0.274 e. The van der Waals surface area contributed by atoms with Crippen molar-refractivity contribution in [3.63, 3.8) is 0 Å². The first-order valence-corrected chi connectivity index (χ1v) is 8.91. The highest BCUT2D eigenvalue weighted by Gasteiger charge is 2.38. The lowest BCUT2D eigenvalue weighted by molar-refractivity contribution is -0.126. The van der Waals surface area contributed by atoms with Gasteiger partial charge in [0.15, 0.2) is 0 Å². The van der Waals surface area contributed by atoms with Crippen molar-refractivity contribution in [2.75, 3.05) is 18.4 Å². The van der Waals surface area contributed by atoms with Gasteiger partial charge in [0.25, 0.3) is 5.56 Å². The van der Waals surface area contributed by atoms with E-state index in [2.05, 4.69) is 29.4 Å². The summed E-state index contributed by atoms with van der Waals surface area (Å²) in [5.41, 5.74) is -0.211. The molecule has 0 radical (unpaired) electrons. The fraction of sp³-hybridized carbons (Fsp3) is 0.611. The molecule has 2 aliphatic rings. The molecule has 25 heavy (non-hydrogen) atoms. The molecule has 5 unspecified atom stereocenters. The number of carbonyl (C=O) groups is 2. The van der Waals surface area contributed by atoms with Crippen LogP contribution < -0.4 is 16.2 Å². The third kappa shape index (κ3) is 3.92. The van der Waals surface area contributed by atoms with Crippen LogP contribution in [-0.4, -0.2) is 41.0 Å². The minimum absolute atomic E-state index is 0.0264. The molecule has 2 saturated heterocycles. The SMILES string of the molecule is CC1CC2CC(C)C(NC(=O)Cn3cccc(NC=O)c3=O)N(C1)C2. The summed E-state index contributed by atoms with van der Waals surface area (Å²) in [6.07, 6.45) is 4.44. The molecule has 7 nitrogen and oxygen atoms in total. The number of hydrogen-bond donors (Lipinski definition) is 2. The van der Waals surface area contributed by atoms with Crippen molar-refractivity contribution < 1.29 is 9.59 Å². The fourth-order valence-electron chi connectivity index (χ4n) is 4.37. The van der Waals surface area contributed by atoms with Crippen LogP contribution in [-0.2, 0) is 16.1 Å². The van der Waals surface area contributed by atoms with Crippen LogP contribution in [0.2, 0.25) is 0 Å². The largest absolute Gasteiger partial charge is 0.339 e. The first kappa shape index (κ1) is 17.7. The zero-order valence-corrected chi connectivity index (χ0v) is 14.8. The van der Waals surface area contributed by atoms with E-state index in [-0.39, 0.29) is 29.9 Å². The molecular formula is C18H26N4O3. The lowest BCUT2D eigenvalue weighted by Crippen LogP contribution is -2.60. The number of carbonyl (C=O) groups excluding carboxylic acids is 2. The Morgan fingerprint density at radius 3 is 2.88 bits per heavy atom. The standard InChI is InChI=1S/C18H26N4O3/c1-12-6-14-7-13(2)17(22(8-12)9-14)20-16(24)10-21-5-3-4-15(18(21)25)19-11-23/h3-5,11-14,17H,6-10H2,1-2H3,(H,19,23)(H,20,24). The maximum atomic E-state index is 12.5.